The van der Waals surface area contributed by atoms with Crippen molar-refractivity contribution in [3.63, 3.8) is 0 Å². The Morgan fingerprint density at radius 3 is 0.529 bits per heavy atom. The molecule has 0 aromatic carbocycles. The van der Waals surface area contributed by atoms with Crippen LogP contribution >= 0.6 is 0 Å². The average Bonchev–Trinajstić information content (AvgIpc) is 2.39. The van der Waals surface area contributed by atoms with E-state index in [1.54, 1.807) is 0 Å². The maximum Gasteiger partial charge on any atom is 4.00 e. The normalized spacial score (nSPS) is 7.06. The molecule has 0 bridgehead atoms. The summed E-state index contributed by atoms with van der Waals surface area (Å²) in [7, 11) is 0. The van der Waals surface area contributed by atoms with Crippen molar-refractivity contribution in [3.05, 3.63) is 27.7 Å². The Bertz CT molecular complexity index is 29.5. The van der Waals surface area contributed by atoms with Gasteiger partial charge >= 0.3 is 19.5 Å². The minimum Gasteiger partial charge on any atom is -0.343 e. The Hall–Kier alpha value is 0.623. The van der Waals surface area contributed by atoms with Gasteiger partial charge in [0.25, 0.3) is 0 Å². The maximum absolute atomic E-state index is 3.60. The molecular formula is C16H36Ru. The van der Waals surface area contributed by atoms with E-state index in [4.69, 9.17) is 0 Å². The summed E-state index contributed by atoms with van der Waals surface area (Å²) in [6.07, 6.45) is 9.11. The third-order valence-corrected chi connectivity index (χ3v) is 1.41. The molecule has 0 aliphatic heterocycles. The molecule has 0 N–H and O–H groups in total. The first kappa shape index (κ1) is 30.6. The van der Waals surface area contributed by atoms with Gasteiger partial charge in [-0.3, -0.25) is 0 Å². The Morgan fingerprint density at radius 1 is 0.471 bits per heavy atom. The number of hydrogen-bond donors (Lipinski definition) is 0. The minimum atomic E-state index is 0. The van der Waals surface area contributed by atoms with Gasteiger partial charge in [-0.25, -0.2) is 0 Å². The zero-order valence-corrected chi connectivity index (χ0v) is 14.6. The number of rotatable bonds is 4. The summed E-state index contributed by atoms with van der Waals surface area (Å²) in [5.74, 6) is 0. The first-order chi connectivity index (χ1) is 7.66. The molecule has 0 fully saturated rings. The van der Waals surface area contributed by atoms with Crippen LogP contribution in [0.25, 0.3) is 0 Å². The first-order valence-corrected chi connectivity index (χ1v) is 6.83. The van der Waals surface area contributed by atoms with Crippen LogP contribution in [0, 0.1) is 27.7 Å². The monoisotopic (exact) mass is 330 g/mol. The zero-order chi connectivity index (χ0) is 13.7. The Balaban J connectivity index is -0.0000000369. The Kier molecular flexibility index (Phi) is 98.1. The quantitative estimate of drug-likeness (QED) is 0.409. The predicted molar refractivity (Wildman–Crippen MR) is 81.1 cm³/mol. The van der Waals surface area contributed by atoms with Gasteiger partial charge in [0.1, 0.15) is 0 Å². The molecule has 0 saturated heterocycles. The van der Waals surface area contributed by atoms with E-state index in [1.807, 2.05) is 0 Å². The molecule has 108 valence electrons. The summed E-state index contributed by atoms with van der Waals surface area (Å²) < 4.78 is 0. The Morgan fingerprint density at radius 2 is 0.529 bits per heavy atom. The molecule has 1 heteroatoms. The van der Waals surface area contributed by atoms with E-state index >= 15 is 0 Å². The van der Waals surface area contributed by atoms with Crippen molar-refractivity contribution in [1.82, 2.24) is 0 Å². The van der Waals surface area contributed by atoms with Gasteiger partial charge in [-0.1, -0.05) is 53.4 Å². The largest absolute Gasteiger partial charge is 4.00 e. The van der Waals surface area contributed by atoms with Crippen molar-refractivity contribution in [1.29, 1.82) is 0 Å². The third kappa shape index (κ3) is 166. The van der Waals surface area contributed by atoms with E-state index in [-0.39, 0.29) is 19.5 Å². The van der Waals surface area contributed by atoms with Gasteiger partial charge in [-0.05, 0) is 0 Å². The van der Waals surface area contributed by atoms with Crippen LogP contribution in [0.3, 0.4) is 0 Å². The molecular weight excluding hydrogens is 293 g/mol. The van der Waals surface area contributed by atoms with Crippen LogP contribution in [-0.2, 0) is 19.5 Å². The van der Waals surface area contributed by atoms with Crippen LogP contribution in [0.1, 0.15) is 79.1 Å². The van der Waals surface area contributed by atoms with Gasteiger partial charge < -0.3 is 27.7 Å². The van der Waals surface area contributed by atoms with Crippen molar-refractivity contribution in [2.24, 2.45) is 0 Å². The van der Waals surface area contributed by atoms with Crippen LogP contribution in [0.15, 0.2) is 0 Å². The molecule has 17 heavy (non-hydrogen) atoms. The van der Waals surface area contributed by atoms with E-state index in [1.165, 1.54) is 25.7 Å². The van der Waals surface area contributed by atoms with Crippen LogP contribution in [0.4, 0.5) is 0 Å². The van der Waals surface area contributed by atoms with Crippen molar-refractivity contribution >= 4 is 0 Å². The second-order valence-corrected chi connectivity index (χ2v) is 3.41. The molecule has 0 aliphatic carbocycles. The second-order valence-electron chi connectivity index (χ2n) is 3.41. The van der Waals surface area contributed by atoms with E-state index in [0.717, 1.165) is 25.7 Å². The van der Waals surface area contributed by atoms with E-state index in [0.29, 0.717) is 0 Å². The summed E-state index contributed by atoms with van der Waals surface area (Å²) >= 11 is 0. The van der Waals surface area contributed by atoms with Gasteiger partial charge in [0.2, 0.25) is 0 Å². The average molecular weight is 330 g/mol. The number of hydrogen-bond acceptors (Lipinski definition) is 0. The fourth-order valence-corrected chi connectivity index (χ4v) is 0. The molecule has 0 nitrogen and oxygen atoms in total. The smallest absolute Gasteiger partial charge is 0.343 e. The van der Waals surface area contributed by atoms with Gasteiger partial charge in [-0.2, -0.15) is 25.7 Å². The van der Waals surface area contributed by atoms with Crippen LogP contribution in [-0.4, -0.2) is 0 Å². The molecule has 0 heterocycles. The molecule has 0 rings (SSSR count). The van der Waals surface area contributed by atoms with E-state index < -0.39 is 0 Å². The van der Waals surface area contributed by atoms with E-state index in [9.17, 15) is 0 Å². The molecule has 0 amide bonds. The van der Waals surface area contributed by atoms with Crippen molar-refractivity contribution < 1.29 is 19.5 Å². The third-order valence-electron chi connectivity index (χ3n) is 1.41. The molecule has 0 saturated carbocycles. The molecule has 0 spiro atoms. The van der Waals surface area contributed by atoms with E-state index in [2.05, 4.69) is 55.4 Å². The fourth-order valence-electron chi connectivity index (χ4n) is 0. The van der Waals surface area contributed by atoms with Crippen LogP contribution in [0.5, 0.6) is 0 Å². The van der Waals surface area contributed by atoms with Gasteiger partial charge in [0.05, 0.1) is 0 Å². The molecule has 0 unspecified atom stereocenters. The SMILES string of the molecule is [CH2-]CCC.[CH2-]CCC.[CH2-]CCC.[CH2-]CCC.[Ru+4]. The summed E-state index contributed by atoms with van der Waals surface area (Å²) in [5.41, 5.74) is 0. The van der Waals surface area contributed by atoms with Gasteiger partial charge in [-0.15, -0.1) is 0 Å². The molecule has 0 radical (unpaired) electrons. The molecule has 0 aromatic rings. The van der Waals surface area contributed by atoms with Gasteiger partial charge in [0, 0.05) is 0 Å². The standard InChI is InChI=1S/4C4H9.Ru/c4*1-3-4-2;/h4*1,3-4H2,2H3;/q4*-1;+4. The number of unbranched alkanes of at least 4 members (excludes halogenated alkanes) is 4. The van der Waals surface area contributed by atoms with Crippen molar-refractivity contribution in [3.8, 4) is 0 Å². The summed E-state index contributed by atoms with van der Waals surface area (Å²) in [5, 5.41) is 0. The molecule has 0 aliphatic rings. The zero-order valence-electron chi connectivity index (χ0n) is 12.8. The predicted octanol–water partition coefficient (Wildman–Crippen LogP) is 6.48. The topological polar surface area (TPSA) is 0 Å². The first-order valence-electron chi connectivity index (χ1n) is 6.83. The van der Waals surface area contributed by atoms with Crippen molar-refractivity contribution in [2.75, 3.05) is 0 Å². The molecule has 0 aromatic heterocycles. The summed E-state index contributed by atoms with van der Waals surface area (Å²) in [4.78, 5) is 0. The summed E-state index contributed by atoms with van der Waals surface area (Å²) in [6.45, 7) is 22.9. The maximum atomic E-state index is 3.60. The second kappa shape index (κ2) is 54.6. The Labute approximate surface area is 126 Å². The fraction of sp³-hybridized carbons (Fsp3) is 0.750. The summed E-state index contributed by atoms with van der Waals surface area (Å²) in [6, 6.07) is 0. The minimum absolute atomic E-state index is 0. The molecule has 0 atom stereocenters. The van der Waals surface area contributed by atoms with Crippen LogP contribution < -0.4 is 0 Å². The van der Waals surface area contributed by atoms with Gasteiger partial charge in [0.15, 0.2) is 0 Å². The van der Waals surface area contributed by atoms with Crippen molar-refractivity contribution in [2.45, 2.75) is 79.1 Å². The van der Waals surface area contributed by atoms with Crippen LogP contribution in [0.2, 0.25) is 0 Å².